The lowest BCUT2D eigenvalue weighted by Gasteiger charge is -2.22. The molecule has 0 bridgehead atoms. The second-order valence-corrected chi connectivity index (χ2v) is 4.35. The zero-order chi connectivity index (χ0) is 11.1. The van der Waals surface area contributed by atoms with E-state index in [1.807, 2.05) is 20.9 Å². The Hall–Kier alpha value is -0.220. The van der Waals surface area contributed by atoms with Crippen molar-refractivity contribution < 1.29 is 9.53 Å². The summed E-state index contributed by atoms with van der Waals surface area (Å²) in [6.45, 7) is 5.42. The molecule has 84 valence electrons. The summed E-state index contributed by atoms with van der Waals surface area (Å²) in [6.07, 6.45) is 0.872. The quantitative estimate of drug-likeness (QED) is 0.541. The number of hydrogen-bond acceptors (Lipinski definition) is 3. The van der Waals surface area contributed by atoms with Gasteiger partial charge in [-0.2, -0.15) is 12.6 Å². The molecule has 0 fully saturated rings. The van der Waals surface area contributed by atoms with E-state index in [0.29, 0.717) is 6.61 Å². The second-order valence-electron chi connectivity index (χ2n) is 3.79. The second kappa shape index (κ2) is 7.12. The molecule has 0 saturated heterocycles. The number of carbonyl (C=O) groups is 1. The smallest absolute Gasteiger partial charge is 0.235 e. The fraction of sp³-hybridized carbons (Fsp3) is 0.900. The molecule has 0 aliphatic heterocycles. The standard InChI is InChI=1S/C10H21NO2S/c1-8(2)9(14)10(12)11(3)6-5-7-13-4/h8-9,14H,5-7H2,1-4H3. The molecule has 0 aromatic rings. The van der Waals surface area contributed by atoms with Crippen LogP contribution in [-0.4, -0.2) is 43.4 Å². The molecule has 0 rings (SSSR count). The van der Waals surface area contributed by atoms with Gasteiger partial charge in [-0.1, -0.05) is 13.8 Å². The molecule has 14 heavy (non-hydrogen) atoms. The molecule has 0 aliphatic rings. The van der Waals surface area contributed by atoms with Crippen molar-refractivity contribution in [2.75, 3.05) is 27.3 Å². The number of hydrogen-bond donors (Lipinski definition) is 1. The fourth-order valence-corrected chi connectivity index (χ4v) is 1.26. The Morgan fingerprint density at radius 2 is 2.07 bits per heavy atom. The van der Waals surface area contributed by atoms with Gasteiger partial charge in [-0.05, 0) is 12.3 Å². The fourth-order valence-electron chi connectivity index (χ4n) is 1.07. The molecule has 0 aromatic heterocycles. The first kappa shape index (κ1) is 13.8. The number of carbonyl (C=O) groups excluding carboxylic acids is 1. The van der Waals surface area contributed by atoms with Gasteiger partial charge in [-0.3, -0.25) is 4.79 Å². The van der Waals surface area contributed by atoms with Crippen LogP contribution in [0.25, 0.3) is 0 Å². The molecule has 1 amide bonds. The molecule has 0 spiro atoms. The Balaban J connectivity index is 3.86. The van der Waals surface area contributed by atoms with E-state index in [9.17, 15) is 4.79 Å². The maximum absolute atomic E-state index is 11.7. The molecule has 0 aromatic carbocycles. The normalized spacial score (nSPS) is 13.0. The molecule has 0 aliphatic carbocycles. The molecule has 0 N–H and O–H groups in total. The van der Waals surface area contributed by atoms with Gasteiger partial charge in [0.1, 0.15) is 0 Å². The molecular formula is C10H21NO2S. The minimum absolute atomic E-state index is 0.0967. The minimum atomic E-state index is -0.192. The van der Waals surface area contributed by atoms with Crippen LogP contribution < -0.4 is 0 Å². The third-order valence-corrected chi connectivity index (χ3v) is 2.92. The molecule has 0 heterocycles. The molecule has 0 radical (unpaired) electrons. The maximum Gasteiger partial charge on any atom is 0.235 e. The molecule has 1 atom stereocenters. The molecular weight excluding hydrogens is 198 g/mol. The summed E-state index contributed by atoms with van der Waals surface area (Å²) in [4.78, 5) is 13.4. The van der Waals surface area contributed by atoms with Crippen molar-refractivity contribution in [3.05, 3.63) is 0 Å². The van der Waals surface area contributed by atoms with Crippen molar-refractivity contribution in [3.8, 4) is 0 Å². The van der Waals surface area contributed by atoms with Crippen molar-refractivity contribution >= 4 is 18.5 Å². The van der Waals surface area contributed by atoms with Crippen molar-refractivity contribution in [2.45, 2.75) is 25.5 Å². The molecule has 3 nitrogen and oxygen atoms in total. The van der Waals surface area contributed by atoms with Gasteiger partial charge in [0.15, 0.2) is 0 Å². The maximum atomic E-state index is 11.7. The number of methoxy groups -OCH3 is 1. The third-order valence-electron chi connectivity index (χ3n) is 2.10. The lowest BCUT2D eigenvalue weighted by Crippen LogP contribution is -2.37. The lowest BCUT2D eigenvalue weighted by atomic mass is 10.1. The molecule has 4 heteroatoms. The van der Waals surface area contributed by atoms with Crippen molar-refractivity contribution in [3.63, 3.8) is 0 Å². The largest absolute Gasteiger partial charge is 0.385 e. The first-order valence-corrected chi connectivity index (χ1v) is 5.44. The van der Waals surface area contributed by atoms with Gasteiger partial charge < -0.3 is 9.64 Å². The van der Waals surface area contributed by atoms with Crippen LogP contribution in [0.2, 0.25) is 0 Å². The molecule has 1 unspecified atom stereocenters. The monoisotopic (exact) mass is 219 g/mol. The summed E-state index contributed by atoms with van der Waals surface area (Å²) in [7, 11) is 3.47. The molecule has 0 saturated carbocycles. The van der Waals surface area contributed by atoms with Gasteiger partial charge in [0, 0.05) is 27.3 Å². The van der Waals surface area contributed by atoms with E-state index in [-0.39, 0.29) is 17.1 Å². The summed E-state index contributed by atoms with van der Waals surface area (Å²) in [5, 5.41) is -0.192. The van der Waals surface area contributed by atoms with Crippen LogP contribution in [0.5, 0.6) is 0 Å². The van der Waals surface area contributed by atoms with Gasteiger partial charge in [0.2, 0.25) is 5.91 Å². The van der Waals surface area contributed by atoms with Crippen molar-refractivity contribution in [1.82, 2.24) is 4.90 Å². The zero-order valence-electron chi connectivity index (χ0n) is 9.49. The number of nitrogens with zero attached hydrogens (tertiary/aromatic N) is 1. The van der Waals surface area contributed by atoms with E-state index in [4.69, 9.17) is 4.74 Å². The van der Waals surface area contributed by atoms with Crippen LogP contribution >= 0.6 is 12.6 Å². The predicted molar refractivity (Wildman–Crippen MR) is 61.7 cm³/mol. The van der Waals surface area contributed by atoms with E-state index in [2.05, 4.69) is 12.6 Å². The van der Waals surface area contributed by atoms with Gasteiger partial charge in [0.25, 0.3) is 0 Å². The number of ether oxygens (including phenoxy) is 1. The Kier molecular flexibility index (Phi) is 7.01. The van der Waals surface area contributed by atoms with Crippen molar-refractivity contribution in [2.24, 2.45) is 5.92 Å². The topological polar surface area (TPSA) is 29.5 Å². The number of rotatable bonds is 6. The summed E-state index contributed by atoms with van der Waals surface area (Å²) < 4.78 is 4.92. The van der Waals surface area contributed by atoms with Gasteiger partial charge >= 0.3 is 0 Å². The van der Waals surface area contributed by atoms with Gasteiger partial charge in [-0.15, -0.1) is 0 Å². The van der Waals surface area contributed by atoms with Crippen LogP contribution in [0.4, 0.5) is 0 Å². The highest BCUT2D eigenvalue weighted by Crippen LogP contribution is 2.11. The number of amides is 1. The number of thiol groups is 1. The van der Waals surface area contributed by atoms with Crippen molar-refractivity contribution in [1.29, 1.82) is 0 Å². The minimum Gasteiger partial charge on any atom is -0.385 e. The summed E-state index contributed by atoms with van der Waals surface area (Å²) in [5.41, 5.74) is 0. The van der Waals surface area contributed by atoms with E-state index < -0.39 is 0 Å². The highest BCUT2D eigenvalue weighted by atomic mass is 32.1. The average Bonchev–Trinajstić information content (AvgIpc) is 2.15. The first-order chi connectivity index (χ1) is 6.50. The lowest BCUT2D eigenvalue weighted by molar-refractivity contribution is -0.130. The van der Waals surface area contributed by atoms with Crippen LogP contribution in [0.1, 0.15) is 20.3 Å². The van der Waals surface area contributed by atoms with E-state index in [1.54, 1.807) is 12.0 Å². The summed E-state index contributed by atoms with van der Waals surface area (Å²) >= 11 is 4.28. The summed E-state index contributed by atoms with van der Waals surface area (Å²) in [5.74, 6) is 0.371. The SMILES string of the molecule is COCCCN(C)C(=O)C(S)C(C)C. The zero-order valence-corrected chi connectivity index (χ0v) is 10.4. The summed E-state index contributed by atoms with van der Waals surface area (Å²) in [6, 6.07) is 0. The Morgan fingerprint density at radius 3 is 2.50 bits per heavy atom. The van der Waals surface area contributed by atoms with E-state index >= 15 is 0 Å². The average molecular weight is 219 g/mol. The van der Waals surface area contributed by atoms with Crippen LogP contribution in [-0.2, 0) is 9.53 Å². The van der Waals surface area contributed by atoms with Gasteiger partial charge in [0.05, 0.1) is 5.25 Å². The predicted octanol–water partition coefficient (Wildman–Crippen LogP) is 1.44. The van der Waals surface area contributed by atoms with Crippen LogP contribution in [0, 0.1) is 5.92 Å². The van der Waals surface area contributed by atoms with E-state index in [0.717, 1.165) is 13.0 Å². The van der Waals surface area contributed by atoms with Gasteiger partial charge in [-0.25, -0.2) is 0 Å². The highest BCUT2D eigenvalue weighted by Gasteiger charge is 2.20. The highest BCUT2D eigenvalue weighted by molar-refractivity contribution is 7.81. The van der Waals surface area contributed by atoms with Crippen LogP contribution in [0.3, 0.4) is 0 Å². The first-order valence-electron chi connectivity index (χ1n) is 4.92. The Labute approximate surface area is 92.2 Å². The Morgan fingerprint density at radius 1 is 1.50 bits per heavy atom. The van der Waals surface area contributed by atoms with E-state index in [1.165, 1.54) is 0 Å². The third kappa shape index (κ3) is 4.86. The Bertz CT molecular complexity index is 174. The van der Waals surface area contributed by atoms with Crippen LogP contribution in [0.15, 0.2) is 0 Å².